The van der Waals surface area contributed by atoms with Gasteiger partial charge >= 0.3 is 5.97 Å². The maximum absolute atomic E-state index is 11.6. The Kier molecular flexibility index (Phi) is 5.91. The lowest BCUT2D eigenvalue weighted by Crippen LogP contribution is -2.09. The van der Waals surface area contributed by atoms with E-state index in [0.717, 1.165) is 9.13 Å². The van der Waals surface area contributed by atoms with Gasteiger partial charge in [-0.1, -0.05) is 6.07 Å². The SMILES string of the molecule is CCOC(=O)c1cc(CC(=O)CCl)ccc1I. The normalized spacial score (nSPS) is 10.1. The molecule has 0 radical (unpaired) electrons. The zero-order valence-corrected chi connectivity index (χ0v) is 12.2. The Morgan fingerprint density at radius 1 is 1.41 bits per heavy atom. The van der Waals surface area contributed by atoms with Crippen LogP contribution in [0.25, 0.3) is 0 Å². The number of rotatable bonds is 5. The summed E-state index contributed by atoms with van der Waals surface area (Å²) in [7, 11) is 0. The Labute approximate surface area is 119 Å². The van der Waals surface area contributed by atoms with E-state index in [4.69, 9.17) is 16.3 Å². The molecule has 1 rings (SSSR count). The Hall–Kier alpha value is -0.620. The van der Waals surface area contributed by atoms with E-state index in [9.17, 15) is 9.59 Å². The molecule has 0 atom stereocenters. The molecule has 17 heavy (non-hydrogen) atoms. The summed E-state index contributed by atoms with van der Waals surface area (Å²) in [6, 6.07) is 5.29. The molecular weight excluding hydrogens is 354 g/mol. The van der Waals surface area contributed by atoms with Crippen molar-refractivity contribution in [1.82, 2.24) is 0 Å². The Bertz CT molecular complexity index is 432. The number of hydrogen-bond donors (Lipinski definition) is 0. The quantitative estimate of drug-likeness (QED) is 0.457. The first-order valence-electron chi connectivity index (χ1n) is 5.11. The number of hydrogen-bond acceptors (Lipinski definition) is 3. The molecular formula is C12H12ClIO3. The van der Waals surface area contributed by atoms with Crippen LogP contribution in [0.5, 0.6) is 0 Å². The second-order valence-corrected chi connectivity index (χ2v) is 4.81. The molecule has 0 N–H and O–H groups in total. The molecule has 0 aromatic heterocycles. The van der Waals surface area contributed by atoms with Gasteiger partial charge < -0.3 is 4.74 Å². The van der Waals surface area contributed by atoms with E-state index in [-0.39, 0.29) is 24.1 Å². The van der Waals surface area contributed by atoms with Crippen molar-refractivity contribution in [3.05, 3.63) is 32.9 Å². The molecule has 5 heteroatoms. The molecule has 1 aromatic carbocycles. The molecule has 0 spiro atoms. The molecule has 0 saturated heterocycles. The maximum atomic E-state index is 11.6. The molecule has 0 aliphatic heterocycles. The topological polar surface area (TPSA) is 43.4 Å². The van der Waals surface area contributed by atoms with E-state index in [2.05, 4.69) is 22.6 Å². The Morgan fingerprint density at radius 2 is 2.12 bits per heavy atom. The Balaban J connectivity index is 2.94. The fourth-order valence-corrected chi connectivity index (χ4v) is 1.97. The third-order valence-corrected chi connectivity index (χ3v) is 3.32. The molecule has 0 aliphatic carbocycles. The minimum atomic E-state index is -0.364. The number of Topliss-reactive ketones (excluding diaryl/α,β-unsaturated/α-hetero) is 1. The van der Waals surface area contributed by atoms with Crippen LogP contribution in [0.1, 0.15) is 22.8 Å². The van der Waals surface area contributed by atoms with Gasteiger partial charge in [0.05, 0.1) is 18.1 Å². The first-order valence-corrected chi connectivity index (χ1v) is 6.73. The van der Waals surface area contributed by atoms with Crippen molar-refractivity contribution in [2.24, 2.45) is 0 Å². The number of carbonyl (C=O) groups is 2. The largest absolute Gasteiger partial charge is 0.462 e. The highest BCUT2D eigenvalue weighted by Crippen LogP contribution is 2.16. The third kappa shape index (κ3) is 4.27. The van der Waals surface area contributed by atoms with Gasteiger partial charge in [-0.15, -0.1) is 11.6 Å². The van der Waals surface area contributed by atoms with E-state index < -0.39 is 0 Å². The van der Waals surface area contributed by atoms with Gasteiger partial charge in [-0.05, 0) is 47.2 Å². The fraction of sp³-hybridized carbons (Fsp3) is 0.333. The van der Waals surface area contributed by atoms with Gasteiger partial charge in [0.15, 0.2) is 5.78 Å². The van der Waals surface area contributed by atoms with Crippen LogP contribution in [-0.2, 0) is 16.0 Å². The molecule has 0 unspecified atom stereocenters. The monoisotopic (exact) mass is 366 g/mol. The third-order valence-electron chi connectivity index (χ3n) is 2.08. The van der Waals surface area contributed by atoms with Gasteiger partial charge in [0.25, 0.3) is 0 Å². The first kappa shape index (κ1) is 14.4. The van der Waals surface area contributed by atoms with E-state index in [1.165, 1.54) is 0 Å². The molecule has 0 amide bonds. The van der Waals surface area contributed by atoms with E-state index in [0.29, 0.717) is 12.2 Å². The highest BCUT2D eigenvalue weighted by molar-refractivity contribution is 14.1. The van der Waals surface area contributed by atoms with Gasteiger partial charge in [-0.25, -0.2) is 4.79 Å². The molecule has 0 fully saturated rings. The number of carbonyl (C=O) groups excluding carboxylic acids is 2. The fourth-order valence-electron chi connectivity index (χ4n) is 1.32. The van der Waals surface area contributed by atoms with E-state index in [1.54, 1.807) is 19.1 Å². The molecule has 0 bridgehead atoms. The minimum absolute atomic E-state index is 0.0132. The lowest BCUT2D eigenvalue weighted by atomic mass is 10.1. The van der Waals surface area contributed by atoms with Crippen LogP contribution in [0.2, 0.25) is 0 Å². The van der Waals surface area contributed by atoms with E-state index >= 15 is 0 Å². The minimum Gasteiger partial charge on any atom is -0.462 e. The lowest BCUT2D eigenvalue weighted by molar-refractivity contribution is -0.116. The van der Waals surface area contributed by atoms with Crippen LogP contribution in [0.3, 0.4) is 0 Å². The second-order valence-electron chi connectivity index (χ2n) is 3.38. The van der Waals surface area contributed by atoms with Crippen molar-refractivity contribution in [3.8, 4) is 0 Å². The van der Waals surface area contributed by atoms with Crippen molar-refractivity contribution in [1.29, 1.82) is 0 Å². The van der Waals surface area contributed by atoms with Crippen LogP contribution in [-0.4, -0.2) is 24.2 Å². The van der Waals surface area contributed by atoms with Crippen LogP contribution < -0.4 is 0 Å². The molecule has 1 aromatic rings. The van der Waals surface area contributed by atoms with Gasteiger partial charge in [0.1, 0.15) is 0 Å². The van der Waals surface area contributed by atoms with E-state index in [1.807, 2.05) is 6.07 Å². The zero-order valence-electron chi connectivity index (χ0n) is 9.33. The van der Waals surface area contributed by atoms with Crippen molar-refractivity contribution >= 4 is 45.9 Å². The molecule has 0 saturated carbocycles. The van der Waals surface area contributed by atoms with Gasteiger partial charge in [0, 0.05) is 9.99 Å². The van der Waals surface area contributed by atoms with Crippen LogP contribution in [0.4, 0.5) is 0 Å². The summed E-state index contributed by atoms with van der Waals surface area (Å²) in [6.45, 7) is 2.09. The Morgan fingerprint density at radius 3 is 2.71 bits per heavy atom. The van der Waals surface area contributed by atoms with Crippen LogP contribution in [0, 0.1) is 3.57 Å². The summed E-state index contributed by atoms with van der Waals surface area (Å²) in [6.07, 6.45) is 0.243. The second kappa shape index (κ2) is 6.96. The first-order chi connectivity index (χ1) is 8.08. The standard InChI is InChI=1S/C12H12ClIO3/c1-2-17-12(16)10-6-8(3-4-11(10)14)5-9(15)7-13/h3-4,6H,2,5,7H2,1H3. The van der Waals surface area contributed by atoms with Crippen molar-refractivity contribution in [2.45, 2.75) is 13.3 Å². The van der Waals surface area contributed by atoms with Gasteiger partial charge in [-0.2, -0.15) is 0 Å². The average molecular weight is 367 g/mol. The molecule has 0 aliphatic rings. The molecule has 92 valence electrons. The predicted molar refractivity (Wildman–Crippen MR) is 74.5 cm³/mol. The highest BCUT2D eigenvalue weighted by atomic mass is 127. The number of ketones is 1. The number of esters is 1. The number of ether oxygens (including phenoxy) is 1. The molecule has 0 heterocycles. The predicted octanol–water partition coefficient (Wildman–Crippen LogP) is 2.82. The summed E-state index contributed by atoms with van der Waals surface area (Å²) >= 11 is 7.51. The average Bonchev–Trinajstić information content (AvgIpc) is 2.31. The van der Waals surface area contributed by atoms with Crippen molar-refractivity contribution in [3.63, 3.8) is 0 Å². The van der Waals surface area contributed by atoms with Crippen molar-refractivity contribution in [2.75, 3.05) is 12.5 Å². The molecule has 3 nitrogen and oxygen atoms in total. The summed E-state index contributed by atoms with van der Waals surface area (Å²) in [5.74, 6) is -0.444. The summed E-state index contributed by atoms with van der Waals surface area (Å²) < 4.78 is 5.75. The number of benzene rings is 1. The van der Waals surface area contributed by atoms with Gasteiger partial charge in [0.2, 0.25) is 0 Å². The summed E-state index contributed by atoms with van der Waals surface area (Å²) in [5.41, 5.74) is 1.27. The van der Waals surface area contributed by atoms with Crippen LogP contribution >= 0.6 is 34.2 Å². The maximum Gasteiger partial charge on any atom is 0.339 e. The summed E-state index contributed by atoms with van der Waals surface area (Å²) in [5, 5.41) is 0. The number of halogens is 2. The van der Waals surface area contributed by atoms with Crippen molar-refractivity contribution < 1.29 is 14.3 Å². The van der Waals surface area contributed by atoms with Gasteiger partial charge in [-0.3, -0.25) is 4.79 Å². The smallest absolute Gasteiger partial charge is 0.339 e. The zero-order chi connectivity index (χ0) is 12.8. The number of alkyl halides is 1. The van der Waals surface area contributed by atoms with Crippen LogP contribution in [0.15, 0.2) is 18.2 Å². The summed E-state index contributed by atoms with van der Waals surface area (Å²) in [4.78, 5) is 22.9. The lowest BCUT2D eigenvalue weighted by Gasteiger charge is -2.06. The highest BCUT2D eigenvalue weighted by Gasteiger charge is 2.12.